The average molecular weight is 775 g/mol. The molecule has 3 bridgehead atoms. The molecule has 4 aliphatic heterocycles. The van der Waals surface area contributed by atoms with E-state index in [1.165, 1.54) is 0 Å². The van der Waals surface area contributed by atoms with Crippen molar-refractivity contribution in [3.63, 3.8) is 0 Å². The van der Waals surface area contributed by atoms with Gasteiger partial charge in [0.05, 0.1) is 29.9 Å². The Morgan fingerprint density at radius 2 is 1.52 bits per heavy atom. The lowest BCUT2D eigenvalue weighted by Crippen LogP contribution is -2.75. The second kappa shape index (κ2) is 13.4. The third-order valence-corrected chi connectivity index (χ3v) is 14.9. The fraction of sp³-hybridized carbons (Fsp3) is 0.636. The number of rotatable bonds is 7. The first kappa shape index (κ1) is 38.3. The topological polar surface area (TPSA) is 174 Å². The van der Waals surface area contributed by atoms with Gasteiger partial charge in [-0.1, -0.05) is 88.9 Å². The molecule has 4 heterocycles. The number of aliphatic hydroxyl groups is 4. The molecule has 16 atom stereocenters. The van der Waals surface area contributed by atoms with Crippen molar-refractivity contribution < 1.29 is 58.4 Å². The standard InChI is InChI=1S/C44H54O12/c1-24(2)40-21-29(22-51-37(47)27-16-10-7-11-17-27)43-32-35(40)54-44(55-40,56-43)30(46)20-14-6-5-9-15-25(3)31-26(4)34(52-38(48)28-18-12-8-13-19-28)42(50,33(31)43)39(49)41(23-45)36(32)53-41/h7-8,10-13,16-19,25-26,29-36,39,45-46,49-50H,1,5-6,9,14-15,20-23H2,2-4H3/t25-,26+,29+,30-,31+,32-,33-,34+,35-,36+,39-,40-,41+,42-,43-,44+/m1/s1. The van der Waals surface area contributed by atoms with Gasteiger partial charge in [0.2, 0.25) is 0 Å². The van der Waals surface area contributed by atoms with Crippen LogP contribution >= 0.6 is 0 Å². The number of ether oxygens (including phenoxy) is 6. The Labute approximate surface area is 327 Å². The third-order valence-electron chi connectivity index (χ3n) is 14.9. The summed E-state index contributed by atoms with van der Waals surface area (Å²) in [5.41, 5.74) is -5.58. The highest BCUT2D eigenvalue weighted by Crippen LogP contribution is 2.75. The Kier molecular flexibility index (Phi) is 9.19. The zero-order chi connectivity index (χ0) is 39.4. The summed E-state index contributed by atoms with van der Waals surface area (Å²) in [7, 11) is 0. The molecule has 3 aliphatic carbocycles. The predicted molar refractivity (Wildman–Crippen MR) is 199 cm³/mol. The number of epoxide rings is 1. The quantitative estimate of drug-likeness (QED) is 0.179. The maximum atomic E-state index is 14.0. The number of benzene rings is 2. The van der Waals surface area contributed by atoms with Crippen molar-refractivity contribution in [1.29, 1.82) is 0 Å². The summed E-state index contributed by atoms with van der Waals surface area (Å²) >= 11 is 0. The van der Waals surface area contributed by atoms with Crippen LogP contribution in [0, 0.1) is 35.5 Å². The summed E-state index contributed by atoms with van der Waals surface area (Å²) in [6.07, 6.45) is -1.51. The fourth-order valence-corrected chi connectivity index (χ4v) is 12.4. The third kappa shape index (κ3) is 5.12. The largest absolute Gasteiger partial charge is 0.462 e. The van der Waals surface area contributed by atoms with Crippen molar-refractivity contribution >= 4 is 11.9 Å². The molecule has 0 amide bonds. The molecule has 2 aromatic carbocycles. The number of carbonyl (C=O) groups is 2. The molecule has 302 valence electrons. The van der Waals surface area contributed by atoms with Crippen molar-refractivity contribution in [2.24, 2.45) is 35.5 Å². The van der Waals surface area contributed by atoms with E-state index in [1.54, 1.807) is 54.6 Å². The van der Waals surface area contributed by atoms with Crippen molar-refractivity contribution in [3.8, 4) is 0 Å². The molecule has 7 aliphatic rings. The average Bonchev–Trinajstić information content (AvgIpc) is 3.84. The fourth-order valence-electron chi connectivity index (χ4n) is 12.4. The lowest BCUT2D eigenvalue weighted by molar-refractivity contribution is -0.459. The van der Waals surface area contributed by atoms with Crippen LogP contribution in [-0.4, -0.2) is 104 Å². The van der Waals surface area contributed by atoms with Crippen LogP contribution in [0.25, 0.3) is 0 Å². The molecule has 4 saturated heterocycles. The van der Waals surface area contributed by atoms with Gasteiger partial charge in [0, 0.05) is 17.8 Å². The summed E-state index contributed by atoms with van der Waals surface area (Å²) in [5.74, 6) is -6.91. The smallest absolute Gasteiger partial charge is 0.338 e. The van der Waals surface area contributed by atoms with E-state index in [0.717, 1.165) is 25.7 Å². The van der Waals surface area contributed by atoms with Gasteiger partial charge in [-0.15, -0.1) is 0 Å². The minimum atomic E-state index is -2.27. The van der Waals surface area contributed by atoms with Gasteiger partial charge in [0.1, 0.15) is 47.3 Å². The maximum absolute atomic E-state index is 14.0. The second-order valence-corrected chi connectivity index (χ2v) is 17.8. The van der Waals surface area contributed by atoms with Crippen LogP contribution in [0.2, 0.25) is 0 Å². The highest BCUT2D eigenvalue weighted by molar-refractivity contribution is 5.90. The number of hydrogen-bond acceptors (Lipinski definition) is 12. The Morgan fingerprint density at radius 3 is 2.16 bits per heavy atom. The van der Waals surface area contributed by atoms with E-state index in [2.05, 4.69) is 13.5 Å². The summed E-state index contributed by atoms with van der Waals surface area (Å²) < 4.78 is 40.4. The van der Waals surface area contributed by atoms with Gasteiger partial charge in [-0.25, -0.2) is 9.59 Å². The van der Waals surface area contributed by atoms with Crippen LogP contribution < -0.4 is 0 Å². The Balaban J connectivity index is 1.28. The molecule has 12 heteroatoms. The summed E-state index contributed by atoms with van der Waals surface area (Å²) in [5, 5.41) is 50.1. The van der Waals surface area contributed by atoms with E-state index in [4.69, 9.17) is 28.4 Å². The van der Waals surface area contributed by atoms with Crippen LogP contribution in [-0.2, 0) is 28.4 Å². The number of hydrogen-bond donors (Lipinski definition) is 4. The molecule has 4 N–H and O–H groups in total. The molecule has 56 heavy (non-hydrogen) atoms. The summed E-state index contributed by atoms with van der Waals surface area (Å²) in [6.45, 7) is 9.43. The number of esters is 2. The molecular formula is C44H54O12. The van der Waals surface area contributed by atoms with E-state index in [1.807, 2.05) is 19.9 Å². The van der Waals surface area contributed by atoms with Gasteiger partial charge in [-0.2, -0.15) is 0 Å². The zero-order valence-corrected chi connectivity index (χ0v) is 32.3. The van der Waals surface area contributed by atoms with E-state index >= 15 is 0 Å². The van der Waals surface area contributed by atoms with Crippen molar-refractivity contribution in [2.75, 3.05) is 13.2 Å². The van der Waals surface area contributed by atoms with Crippen LogP contribution in [0.4, 0.5) is 0 Å². The van der Waals surface area contributed by atoms with Gasteiger partial charge < -0.3 is 48.8 Å². The van der Waals surface area contributed by atoms with Gasteiger partial charge >= 0.3 is 17.9 Å². The first-order valence-electron chi connectivity index (χ1n) is 20.4. The summed E-state index contributed by atoms with van der Waals surface area (Å²) in [6, 6.07) is 17.2. The first-order valence-corrected chi connectivity index (χ1v) is 20.4. The maximum Gasteiger partial charge on any atom is 0.338 e. The monoisotopic (exact) mass is 774 g/mol. The summed E-state index contributed by atoms with van der Waals surface area (Å²) in [4.78, 5) is 27.7. The van der Waals surface area contributed by atoms with Gasteiger partial charge in [0.25, 0.3) is 0 Å². The molecule has 0 radical (unpaired) electrons. The first-order chi connectivity index (χ1) is 26.8. The van der Waals surface area contributed by atoms with Crippen molar-refractivity contribution in [3.05, 3.63) is 83.9 Å². The van der Waals surface area contributed by atoms with Crippen LogP contribution in [0.15, 0.2) is 72.8 Å². The molecule has 12 nitrogen and oxygen atoms in total. The number of aliphatic hydroxyl groups excluding tert-OH is 3. The van der Waals surface area contributed by atoms with Gasteiger partial charge in [-0.05, 0) is 67.4 Å². The molecule has 2 spiro atoms. The molecular weight excluding hydrogens is 720 g/mol. The molecule has 7 fully saturated rings. The number of fused-ring (bicyclic) bond motifs is 1. The molecule has 0 aromatic heterocycles. The lowest BCUT2D eigenvalue weighted by Gasteiger charge is -2.62. The SMILES string of the molecule is C=C(C)[C@]12C[C@@H](COC(=O)c3ccccc3)[C@@]34O[C@@]5(O[C@@H]1[C@@H]3[C@@H]1O[C@]1(CO)[C@@H](O)[C@@]1(O)[C@H]4[C@H]([C@H](C)[C@@H]1OC(=O)c1ccccc1)[C@H](C)CCCCCC[C@H]5O)O2. The van der Waals surface area contributed by atoms with E-state index < -0.39 is 107 Å². The van der Waals surface area contributed by atoms with Crippen molar-refractivity contribution in [2.45, 2.75) is 125 Å². The Hall–Kier alpha value is -3.20. The zero-order valence-electron chi connectivity index (χ0n) is 32.3. The molecule has 9 rings (SSSR count). The number of carbonyl (C=O) groups excluding carboxylic acids is 2. The van der Waals surface area contributed by atoms with Gasteiger partial charge in [-0.3, -0.25) is 0 Å². The second-order valence-electron chi connectivity index (χ2n) is 17.8. The molecule has 3 saturated carbocycles. The highest BCUT2D eigenvalue weighted by Gasteiger charge is 2.91. The van der Waals surface area contributed by atoms with E-state index in [-0.39, 0.29) is 24.5 Å². The predicted octanol–water partition coefficient (Wildman–Crippen LogP) is 4.33. The Morgan fingerprint density at radius 1 is 0.875 bits per heavy atom. The van der Waals surface area contributed by atoms with E-state index in [0.29, 0.717) is 24.0 Å². The molecule has 0 unspecified atom stereocenters. The lowest BCUT2D eigenvalue weighted by atomic mass is 9.51. The van der Waals surface area contributed by atoms with Crippen LogP contribution in [0.3, 0.4) is 0 Å². The van der Waals surface area contributed by atoms with Crippen molar-refractivity contribution in [1.82, 2.24) is 0 Å². The highest BCUT2D eigenvalue weighted by atomic mass is 16.9. The van der Waals surface area contributed by atoms with Crippen LogP contribution in [0.5, 0.6) is 0 Å². The van der Waals surface area contributed by atoms with Gasteiger partial charge in [0.15, 0.2) is 0 Å². The minimum Gasteiger partial charge on any atom is -0.462 e. The Bertz CT molecular complexity index is 1860. The van der Waals surface area contributed by atoms with E-state index in [9.17, 15) is 30.0 Å². The normalized spacial score (nSPS) is 47.3. The van der Waals surface area contributed by atoms with Crippen LogP contribution in [0.1, 0.15) is 86.4 Å². The minimum absolute atomic E-state index is 0.0865. The molecule has 2 aromatic rings.